The van der Waals surface area contributed by atoms with Crippen LogP contribution in [0.3, 0.4) is 0 Å². The number of nitrogens with one attached hydrogen (secondary N) is 1. The Labute approximate surface area is 91.0 Å². The Balaban J connectivity index is 2.73. The van der Waals surface area contributed by atoms with Gasteiger partial charge in [-0.2, -0.15) is 5.26 Å². The molecule has 1 aliphatic rings. The van der Waals surface area contributed by atoms with Crippen LogP contribution in [0, 0.1) is 11.3 Å². The predicted octanol–water partition coefficient (Wildman–Crippen LogP) is 0.272. The zero-order chi connectivity index (χ0) is 11.6. The van der Waals surface area contributed by atoms with Crippen LogP contribution < -0.4 is 11.2 Å². The topological polar surface area (TPSA) is 78.7 Å². The molecule has 1 aromatic heterocycles. The molecule has 1 heterocycles. The van der Waals surface area contributed by atoms with Gasteiger partial charge in [-0.05, 0) is 6.08 Å². The number of aromatic nitrogens is 2. The summed E-state index contributed by atoms with van der Waals surface area (Å²) in [6.45, 7) is 0. The lowest BCUT2D eigenvalue weighted by atomic mass is 9.92. The van der Waals surface area contributed by atoms with Crippen molar-refractivity contribution in [2.45, 2.75) is 12.0 Å². The van der Waals surface area contributed by atoms with Gasteiger partial charge in [0.05, 0.1) is 6.07 Å². The van der Waals surface area contributed by atoms with Gasteiger partial charge in [0.25, 0.3) is 5.56 Å². The maximum Gasteiger partial charge on any atom is 0.329 e. The van der Waals surface area contributed by atoms with Crippen LogP contribution in [0.4, 0.5) is 0 Å². The summed E-state index contributed by atoms with van der Waals surface area (Å²) in [5.41, 5.74) is -2.26. The first-order chi connectivity index (χ1) is 7.69. The molecule has 5 nitrogen and oxygen atoms in total. The van der Waals surface area contributed by atoms with Crippen molar-refractivity contribution < 1.29 is 0 Å². The van der Waals surface area contributed by atoms with E-state index in [0.717, 1.165) is 4.57 Å². The first-order valence-corrected chi connectivity index (χ1v) is 4.76. The van der Waals surface area contributed by atoms with Crippen LogP contribution in [-0.4, -0.2) is 9.55 Å². The SMILES string of the molecule is N#CC1(n2c(=O)cc[nH]c2=O)C=CC=CC1. The fourth-order valence-electron chi connectivity index (χ4n) is 1.71. The minimum Gasteiger partial charge on any atom is -0.314 e. The van der Waals surface area contributed by atoms with Gasteiger partial charge in [0, 0.05) is 18.7 Å². The zero-order valence-electron chi connectivity index (χ0n) is 8.38. The second-order valence-electron chi connectivity index (χ2n) is 3.48. The molecule has 1 aliphatic carbocycles. The van der Waals surface area contributed by atoms with Crippen LogP contribution in [0.15, 0.2) is 46.2 Å². The van der Waals surface area contributed by atoms with Crippen LogP contribution in [0.1, 0.15) is 6.42 Å². The average molecular weight is 215 g/mol. The third-order valence-electron chi connectivity index (χ3n) is 2.50. The van der Waals surface area contributed by atoms with E-state index in [1.54, 1.807) is 24.3 Å². The molecule has 1 aromatic rings. The highest BCUT2D eigenvalue weighted by Gasteiger charge is 2.31. The zero-order valence-corrected chi connectivity index (χ0v) is 8.38. The third kappa shape index (κ3) is 1.41. The molecule has 2 rings (SSSR count). The van der Waals surface area contributed by atoms with Gasteiger partial charge in [-0.15, -0.1) is 0 Å². The monoisotopic (exact) mass is 215 g/mol. The first kappa shape index (κ1) is 10.2. The number of nitrogens with zero attached hydrogens (tertiary/aromatic N) is 2. The van der Waals surface area contributed by atoms with Gasteiger partial charge in [-0.25, -0.2) is 9.36 Å². The fourth-order valence-corrected chi connectivity index (χ4v) is 1.71. The number of aromatic amines is 1. The minimum absolute atomic E-state index is 0.312. The Hall–Kier alpha value is -2.35. The van der Waals surface area contributed by atoms with Crippen LogP contribution in [0.2, 0.25) is 0 Å². The van der Waals surface area contributed by atoms with E-state index >= 15 is 0 Å². The molecule has 0 aliphatic heterocycles. The lowest BCUT2D eigenvalue weighted by molar-refractivity contribution is 0.443. The van der Waals surface area contributed by atoms with Crippen LogP contribution >= 0.6 is 0 Å². The second-order valence-corrected chi connectivity index (χ2v) is 3.48. The molecule has 1 atom stereocenters. The Morgan fingerprint density at radius 3 is 2.81 bits per heavy atom. The molecule has 0 saturated heterocycles. The van der Waals surface area contributed by atoms with Crippen LogP contribution in [0.5, 0.6) is 0 Å². The van der Waals surface area contributed by atoms with E-state index in [2.05, 4.69) is 4.98 Å². The summed E-state index contributed by atoms with van der Waals surface area (Å²) >= 11 is 0. The molecule has 0 bridgehead atoms. The van der Waals surface area contributed by atoms with Crippen LogP contribution in [-0.2, 0) is 5.54 Å². The van der Waals surface area contributed by atoms with Gasteiger partial charge < -0.3 is 4.98 Å². The van der Waals surface area contributed by atoms with E-state index in [-0.39, 0.29) is 0 Å². The van der Waals surface area contributed by atoms with Gasteiger partial charge in [0.15, 0.2) is 5.54 Å². The molecule has 0 spiro atoms. The highest BCUT2D eigenvalue weighted by atomic mass is 16.2. The first-order valence-electron chi connectivity index (χ1n) is 4.76. The molecule has 0 radical (unpaired) electrons. The quantitative estimate of drug-likeness (QED) is 0.730. The van der Waals surface area contributed by atoms with Crippen LogP contribution in [0.25, 0.3) is 0 Å². The smallest absolute Gasteiger partial charge is 0.314 e. The summed E-state index contributed by atoms with van der Waals surface area (Å²) in [4.78, 5) is 25.6. The largest absolute Gasteiger partial charge is 0.329 e. The molecule has 80 valence electrons. The lowest BCUT2D eigenvalue weighted by Gasteiger charge is -2.24. The number of hydrogen-bond acceptors (Lipinski definition) is 3. The fraction of sp³-hybridized carbons (Fsp3) is 0.182. The summed E-state index contributed by atoms with van der Waals surface area (Å²) in [5.74, 6) is 0. The van der Waals surface area contributed by atoms with Gasteiger partial charge in [-0.3, -0.25) is 4.79 Å². The highest BCUT2D eigenvalue weighted by Crippen LogP contribution is 2.22. The second kappa shape index (κ2) is 3.66. The number of allylic oxidation sites excluding steroid dienone is 4. The van der Waals surface area contributed by atoms with Gasteiger partial charge in [0.1, 0.15) is 0 Å². The number of hydrogen-bond donors (Lipinski definition) is 1. The maximum absolute atomic E-state index is 11.6. The van der Waals surface area contributed by atoms with Crippen molar-refractivity contribution in [2.24, 2.45) is 0 Å². The van der Waals surface area contributed by atoms with E-state index in [0.29, 0.717) is 6.42 Å². The van der Waals surface area contributed by atoms with Crippen molar-refractivity contribution >= 4 is 0 Å². The molecule has 0 saturated carbocycles. The maximum atomic E-state index is 11.6. The van der Waals surface area contributed by atoms with Crippen molar-refractivity contribution in [1.82, 2.24) is 9.55 Å². The molecule has 1 N–H and O–H groups in total. The molecule has 0 amide bonds. The Kier molecular flexibility index (Phi) is 2.33. The summed E-state index contributed by atoms with van der Waals surface area (Å²) in [7, 11) is 0. The van der Waals surface area contributed by atoms with Gasteiger partial charge in [-0.1, -0.05) is 18.2 Å². The molecular formula is C11H9N3O2. The predicted molar refractivity (Wildman–Crippen MR) is 57.8 cm³/mol. The molecule has 0 fully saturated rings. The standard InChI is InChI=1S/C11H9N3O2/c12-8-11(5-2-1-3-6-11)14-9(15)4-7-13-10(14)16/h1-5,7H,6H2,(H,13,16). The van der Waals surface area contributed by atoms with E-state index in [9.17, 15) is 14.9 Å². The molecule has 1 unspecified atom stereocenters. The third-order valence-corrected chi connectivity index (χ3v) is 2.50. The molecule has 0 aromatic carbocycles. The number of rotatable bonds is 1. The molecule has 16 heavy (non-hydrogen) atoms. The number of nitriles is 1. The van der Waals surface area contributed by atoms with Crippen molar-refractivity contribution in [2.75, 3.05) is 0 Å². The van der Waals surface area contributed by atoms with Gasteiger partial charge >= 0.3 is 5.69 Å². The average Bonchev–Trinajstić information content (AvgIpc) is 2.30. The lowest BCUT2D eigenvalue weighted by Crippen LogP contribution is -2.47. The van der Waals surface area contributed by atoms with E-state index in [1.807, 2.05) is 6.07 Å². The highest BCUT2D eigenvalue weighted by molar-refractivity contribution is 5.27. The van der Waals surface area contributed by atoms with E-state index < -0.39 is 16.8 Å². The Morgan fingerprint density at radius 1 is 1.44 bits per heavy atom. The van der Waals surface area contributed by atoms with Crippen molar-refractivity contribution in [3.8, 4) is 6.07 Å². The minimum atomic E-state index is -1.21. The van der Waals surface area contributed by atoms with Crippen molar-refractivity contribution in [3.63, 3.8) is 0 Å². The summed E-state index contributed by atoms with van der Waals surface area (Å²) in [5, 5.41) is 9.20. The summed E-state index contributed by atoms with van der Waals surface area (Å²) < 4.78 is 0.937. The van der Waals surface area contributed by atoms with E-state index in [1.165, 1.54) is 12.3 Å². The normalized spacial score (nSPS) is 22.9. The summed E-state index contributed by atoms with van der Waals surface area (Å²) in [6.07, 6.45) is 8.33. The molecular weight excluding hydrogens is 206 g/mol. The summed E-state index contributed by atoms with van der Waals surface area (Å²) in [6, 6.07) is 3.25. The Morgan fingerprint density at radius 2 is 2.25 bits per heavy atom. The van der Waals surface area contributed by atoms with Crippen molar-refractivity contribution in [3.05, 3.63) is 57.4 Å². The number of H-pyrrole nitrogens is 1. The van der Waals surface area contributed by atoms with Crippen molar-refractivity contribution in [1.29, 1.82) is 5.26 Å². The Bertz CT molecular complexity index is 587. The van der Waals surface area contributed by atoms with E-state index in [4.69, 9.17) is 0 Å². The van der Waals surface area contributed by atoms with Gasteiger partial charge in [0.2, 0.25) is 0 Å². The molecule has 5 heteroatoms.